The highest BCUT2D eigenvalue weighted by Gasteiger charge is 2.45. The summed E-state index contributed by atoms with van der Waals surface area (Å²) in [6.07, 6.45) is -0.798. The Hall–Kier alpha value is -2.57. The molecule has 2 unspecified atom stereocenters. The first kappa shape index (κ1) is 17.8. The van der Waals surface area contributed by atoms with Crippen LogP contribution in [0.3, 0.4) is 0 Å². The molecule has 2 N–H and O–H groups in total. The summed E-state index contributed by atoms with van der Waals surface area (Å²) < 4.78 is 5.12. The van der Waals surface area contributed by atoms with Crippen LogP contribution in [-0.4, -0.2) is 46.2 Å². The number of nitrogens with one attached hydrogen (secondary N) is 1. The molecule has 7 nitrogen and oxygen atoms in total. The average molecular weight is 334 g/mol. The Labute approximate surface area is 140 Å². The zero-order valence-electron chi connectivity index (χ0n) is 14.0. The van der Waals surface area contributed by atoms with E-state index in [1.165, 1.54) is 4.90 Å². The lowest BCUT2D eigenvalue weighted by Gasteiger charge is -2.22. The molecule has 0 aromatic heterocycles. The maximum absolute atomic E-state index is 12.5. The van der Waals surface area contributed by atoms with Crippen molar-refractivity contribution in [2.24, 2.45) is 5.92 Å². The summed E-state index contributed by atoms with van der Waals surface area (Å²) in [5.41, 5.74) is 0.168. The predicted molar refractivity (Wildman–Crippen MR) is 86.1 cm³/mol. The number of carboxylic acids is 1. The van der Waals surface area contributed by atoms with Crippen LogP contribution in [0.25, 0.3) is 0 Å². The van der Waals surface area contributed by atoms with Crippen LogP contribution >= 0.6 is 0 Å². The van der Waals surface area contributed by atoms with Gasteiger partial charge in [-0.25, -0.2) is 4.79 Å². The maximum Gasteiger partial charge on any atom is 0.408 e. The number of carboxylic acid groups (broad SMARTS) is 1. The summed E-state index contributed by atoms with van der Waals surface area (Å²) in [4.78, 5) is 37.3. The molecule has 0 bridgehead atoms. The fourth-order valence-corrected chi connectivity index (χ4v) is 2.57. The van der Waals surface area contributed by atoms with Gasteiger partial charge in [0.1, 0.15) is 17.6 Å². The molecule has 1 fully saturated rings. The van der Waals surface area contributed by atoms with Crippen molar-refractivity contribution in [2.75, 3.05) is 6.54 Å². The highest BCUT2D eigenvalue weighted by atomic mass is 16.6. The van der Waals surface area contributed by atoms with E-state index < -0.39 is 35.5 Å². The molecule has 24 heavy (non-hydrogen) atoms. The fraction of sp³-hybridized carbons (Fsp3) is 0.471. The number of hydrogen-bond acceptors (Lipinski definition) is 4. The van der Waals surface area contributed by atoms with Crippen LogP contribution in [0.1, 0.15) is 26.3 Å². The molecule has 0 aliphatic carbocycles. The van der Waals surface area contributed by atoms with E-state index in [0.29, 0.717) is 6.54 Å². The van der Waals surface area contributed by atoms with Gasteiger partial charge in [0, 0.05) is 13.1 Å². The van der Waals surface area contributed by atoms with Gasteiger partial charge in [-0.3, -0.25) is 9.59 Å². The van der Waals surface area contributed by atoms with Crippen molar-refractivity contribution in [2.45, 2.75) is 39.0 Å². The van der Waals surface area contributed by atoms with E-state index in [-0.39, 0.29) is 6.54 Å². The number of aliphatic carboxylic acids is 1. The molecule has 1 aromatic carbocycles. The van der Waals surface area contributed by atoms with Crippen molar-refractivity contribution in [3.05, 3.63) is 35.9 Å². The van der Waals surface area contributed by atoms with Gasteiger partial charge in [0.15, 0.2) is 0 Å². The Morgan fingerprint density at radius 3 is 2.46 bits per heavy atom. The number of amides is 2. The number of benzene rings is 1. The van der Waals surface area contributed by atoms with Crippen LogP contribution in [0, 0.1) is 5.92 Å². The molecule has 1 aromatic rings. The number of alkyl carbamates (subject to hydrolysis) is 1. The number of likely N-dealkylation sites (tertiary alicyclic amines) is 1. The van der Waals surface area contributed by atoms with Crippen LogP contribution in [0.15, 0.2) is 30.3 Å². The lowest BCUT2D eigenvalue weighted by molar-refractivity contribution is -0.142. The van der Waals surface area contributed by atoms with Crippen molar-refractivity contribution in [3.8, 4) is 0 Å². The minimum atomic E-state index is -1.13. The fourth-order valence-electron chi connectivity index (χ4n) is 2.57. The number of nitrogens with zero attached hydrogens (tertiary/aromatic N) is 1. The molecular formula is C17H22N2O5. The van der Waals surface area contributed by atoms with Crippen LogP contribution < -0.4 is 5.32 Å². The summed E-state index contributed by atoms with van der Waals surface area (Å²) in [5, 5.41) is 11.8. The summed E-state index contributed by atoms with van der Waals surface area (Å²) in [5.74, 6) is -2.55. The SMILES string of the molecule is CC(C)(C)OC(=O)NC1C(=O)N(Cc2ccccc2)CC1C(=O)O. The predicted octanol–water partition coefficient (Wildman–Crippen LogP) is 1.62. The van der Waals surface area contributed by atoms with E-state index in [1.807, 2.05) is 30.3 Å². The Kier molecular flexibility index (Phi) is 5.11. The second-order valence-electron chi connectivity index (χ2n) is 6.77. The molecule has 1 saturated heterocycles. The average Bonchev–Trinajstić information content (AvgIpc) is 2.76. The first-order chi connectivity index (χ1) is 11.2. The topological polar surface area (TPSA) is 95.9 Å². The van der Waals surface area contributed by atoms with Crippen molar-refractivity contribution in [1.29, 1.82) is 0 Å². The Bertz CT molecular complexity index is 624. The molecule has 1 aliphatic heterocycles. The first-order valence-electron chi connectivity index (χ1n) is 7.72. The number of rotatable bonds is 4. The van der Waals surface area contributed by atoms with Gasteiger partial charge in [0.05, 0.1) is 0 Å². The van der Waals surface area contributed by atoms with Crippen LogP contribution in [0.4, 0.5) is 4.79 Å². The summed E-state index contributed by atoms with van der Waals surface area (Å²) in [7, 11) is 0. The third-order valence-electron chi connectivity index (χ3n) is 3.60. The van der Waals surface area contributed by atoms with Gasteiger partial charge in [-0.15, -0.1) is 0 Å². The Morgan fingerprint density at radius 1 is 1.29 bits per heavy atom. The third kappa shape index (κ3) is 4.47. The number of carbonyl (C=O) groups is 3. The normalized spacial score (nSPS) is 20.8. The van der Waals surface area contributed by atoms with Crippen molar-refractivity contribution < 1.29 is 24.2 Å². The zero-order chi connectivity index (χ0) is 17.9. The largest absolute Gasteiger partial charge is 0.481 e. The second-order valence-corrected chi connectivity index (χ2v) is 6.77. The van der Waals surface area contributed by atoms with Gasteiger partial charge in [-0.1, -0.05) is 30.3 Å². The van der Waals surface area contributed by atoms with Crippen LogP contribution in [0.5, 0.6) is 0 Å². The molecule has 2 atom stereocenters. The molecule has 130 valence electrons. The molecule has 2 amide bonds. The minimum absolute atomic E-state index is 0.0452. The van der Waals surface area contributed by atoms with Crippen LogP contribution in [0.2, 0.25) is 0 Å². The number of hydrogen-bond donors (Lipinski definition) is 2. The molecule has 1 heterocycles. The smallest absolute Gasteiger partial charge is 0.408 e. The third-order valence-corrected chi connectivity index (χ3v) is 3.60. The lowest BCUT2D eigenvalue weighted by Crippen LogP contribution is -2.47. The summed E-state index contributed by atoms with van der Waals surface area (Å²) in [6, 6.07) is 8.15. The molecule has 0 spiro atoms. The van der Waals surface area contributed by atoms with E-state index >= 15 is 0 Å². The minimum Gasteiger partial charge on any atom is -0.481 e. The van der Waals surface area contributed by atoms with Gasteiger partial charge >= 0.3 is 12.1 Å². The van der Waals surface area contributed by atoms with E-state index in [0.717, 1.165) is 5.56 Å². The van der Waals surface area contributed by atoms with Gasteiger partial charge in [-0.05, 0) is 26.3 Å². The Morgan fingerprint density at radius 2 is 1.92 bits per heavy atom. The van der Waals surface area contributed by atoms with Gasteiger partial charge < -0.3 is 20.1 Å². The zero-order valence-corrected chi connectivity index (χ0v) is 14.0. The molecule has 0 radical (unpaired) electrons. The summed E-state index contributed by atoms with van der Waals surface area (Å²) in [6.45, 7) is 5.43. The quantitative estimate of drug-likeness (QED) is 0.872. The lowest BCUT2D eigenvalue weighted by atomic mass is 10.0. The molecule has 0 saturated carbocycles. The number of ether oxygens (including phenoxy) is 1. The number of carbonyl (C=O) groups excluding carboxylic acids is 2. The molecule has 7 heteroatoms. The summed E-state index contributed by atoms with van der Waals surface area (Å²) >= 11 is 0. The molecular weight excluding hydrogens is 312 g/mol. The molecule has 2 rings (SSSR count). The van der Waals surface area contributed by atoms with Gasteiger partial charge in [0.25, 0.3) is 0 Å². The van der Waals surface area contributed by atoms with Gasteiger partial charge in [0.2, 0.25) is 5.91 Å². The Balaban J connectivity index is 2.09. The maximum atomic E-state index is 12.5. The van der Waals surface area contributed by atoms with E-state index in [2.05, 4.69) is 5.32 Å². The van der Waals surface area contributed by atoms with E-state index in [1.54, 1.807) is 20.8 Å². The van der Waals surface area contributed by atoms with Crippen LogP contribution in [-0.2, 0) is 20.9 Å². The van der Waals surface area contributed by atoms with Crippen molar-refractivity contribution in [3.63, 3.8) is 0 Å². The highest BCUT2D eigenvalue weighted by molar-refractivity contribution is 5.93. The van der Waals surface area contributed by atoms with Crippen molar-refractivity contribution in [1.82, 2.24) is 10.2 Å². The van der Waals surface area contributed by atoms with E-state index in [4.69, 9.17) is 4.74 Å². The second kappa shape index (κ2) is 6.90. The van der Waals surface area contributed by atoms with E-state index in [9.17, 15) is 19.5 Å². The van der Waals surface area contributed by atoms with Crippen molar-refractivity contribution >= 4 is 18.0 Å². The molecule has 1 aliphatic rings. The standard InChI is InChI=1S/C17H22N2O5/c1-17(2,3)24-16(23)18-13-12(15(21)22)10-19(14(13)20)9-11-7-5-4-6-8-11/h4-8,12-13H,9-10H2,1-3H3,(H,18,23)(H,21,22). The first-order valence-corrected chi connectivity index (χ1v) is 7.72. The monoisotopic (exact) mass is 334 g/mol. The van der Waals surface area contributed by atoms with Gasteiger partial charge in [-0.2, -0.15) is 0 Å². The highest BCUT2D eigenvalue weighted by Crippen LogP contribution is 2.22.